The van der Waals surface area contributed by atoms with E-state index in [9.17, 15) is 9.59 Å². The summed E-state index contributed by atoms with van der Waals surface area (Å²) in [4.78, 5) is 25.4. The number of hydrogen-bond acceptors (Lipinski definition) is 3. The van der Waals surface area contributed by atoms with Gasteiger partial charge in [0, 0.05) is 44.4 Å². The molecule has 0 fully saturated rings. The zero-order valence-corrected chi connectivity index (χ0v) is 19.3. The number of nitrogens with two attached hydrogens (primary N) is 1. The first-order valence-electron chi connectivity index (χ1n) is 8.86. The summed E-state index contributed by atoms with van der Waals surface area (Å²) >= 11 is 7.08. The van der Waals surface area contributed by atoms with E-state index >= 15 is 0 Å². The summed E-state index contributed by atoms with van der Waals surface area (Å²) < 4.78 is 4.88. The number of halogens is 2. The van der Waals surface area contributed by atoms with Crippen LogP contribution in [0, 0.1) is 13.8 Å². The number of aromatic nitrogens is 2. The fraction of sp³-hybridized carbons (Fsp3) is 0.300. The predicted molar refractivity (Wildman–Crippen MR) is 119 cm³/mol. The van der Waals surface area contributed by atoms with Crippen molar-refractivity contribution >= 4 is 48.7 Å². The van der Waals surface area contributed by atoms with Crippen LogP contribution in [0.1, 0.15) is 47.1 Å². The van der Waals surface area contributed by atoms with E-state index in [0.717, 1.165) is 30.1 Å². The number of nitrogens with one attached hydrogen (secondary N) is 1. The molecule has 2 heterocycles. The van der Waals surface area contributed by atoms with Crippen LogP contribution in [0.15, 0.2) is 38.1 Å². The number of pyridine rings is 1. The Labute approximate surface area is 179 Å². The molecule has 6 nitrogen and oxygen atoms in total. The number of benzene rings is 1. The number of nitrogen functional groups attached to an aromatic ring is 1. The number of amides is 1. The normalized spacial score (nSPS) is 11.4. The van der Waals surface area contributed by atoms with Crippen LogP contribution in [0.4, 0.5) is 0 Å². The summed E-state index contributed by atoms with van der Waals surface area (Å²) in [6.07, 6.45) is 1.98. The van der Waals surface area contributed by atoms with Crippen molar-refractivity contribution in [3.8, 4) is 0 Å². The number of nitrogens with zero attached hydrogens (tertiary/aromatic N) is 2. The minimum absolute atomic E-state index is 0.109. The molecule has 0 saturated carbocycles. The topological polar surface area (TPSA) is 82.1 Å². The van der Waals surface area contributed by atoms with Gasteiger partial charge in [-0.05, 0) is 67.4 Å². The zero-order valence-electron chi connectivity index (χ0n) is 16.1. The van der Waals surface area contributed by atoms with Crippen molar-refractivity contribution in [2.75, 3.05) is 5.84 Å². The molecular weight excluding hydrogens is 488 g/mol. The molecule has 8 heteroatoms. The highest BCUT2D eigenvalue weighted by molar-refractivity contribution is 9.11. The van der Waals surface area contributed by atoms with Gasteiger partial charge in [-0.3, -0.25) is 9.59 Å². The lowest BCUT2D eigenvalue weighted by Crippen LogP contribution is -2.35. The van der Waals surface area contributed by atoms with Gasteiger partial charge in [-0.2, -0.15) is 0 Å². The van der Waals surface area contributed by atoms with Crippen molar-refractivity contribution in [3.05, 3.63) is 66.1 Å². The Kier molecular flexibility index (Phi) is 5.72. The molecule has 3 N–H and O–H groups in total. The van der Waals surface area contributed by atoms with Gasteiger partial charge in [0.25, 0.3) is 11.5 Å². The van der Waals surface area contributed by atoms with Gasteiger partial charge >= 0.3 is 0 Å². The van der Waals surface area contributed by atoms with E-state index in [0.29, 0.717) is 16.8 Å². The first-order valence-corrected chi connectivity index (χ1v) is 10.5. The molecule has 3 aromatic rings. The van der Waals surface area contributed by atoms with Crippen LogP contribution in [-0.4, -0.2) is 15.2 Å². The molecule has 0 atom stereocenters. The average Bonchev–Trinajstić information content (AvgIpc) is 2.95. The quantitative estimate of drug-likeness (QED) is 0.518. The molecule has 2 aromatic heterocycles. The van der Waals surface area contributed by atoms with Crippen LogP contribution < -0.4 is 16.7 Å². The number of aryl methyl sites for hydroxylation is 2. The standard InChI is InChI=1S/C20H22Br2N4O2/c1-10(2)25-9-16(22)18-14(6-13(21)7-17(18)25)19(27)24-8-15-11(3)5-12(4)26(23)20(15)28/h5-7,9-10H,8,23H2,1-4H3,(H,24,27). The first kappa shape index (κ1) is 20.7. The van der Waals surface area contributed by atoms with E-state index in [2.05, 4.69) is 55.6 Å². The Morgan fingerprint density at radius 1 is 1.21 bits per heavy atom. The second-order valence-corrected chi connectivity index (χ2v) is 8.90. The Morgan fingerprint density at radius 3 is 2.54 bits per heavy atom. The molecule has 0 saturated heterocycles. The SMILES string of the molecule is Cc1cc(C)n(N)c(=O)c1CNC(=O)c1cc(Br)cc2c1c(Br)cn2C(C)C. The monoisotopic (exact) mass is 508 g/mol. The lowest BCUT2D eigenvalue weighted by Gasteiger charge is -2.13. The summed E-state index contributed by atoms with van der Waals surface area (Å²) in [5, 5.41) is 3.71. The molecule has 148 valence electrons. The molecule has 1 amide bonds. The lowest BCUT2D eigenvalue weighted by molar-refractivity contribution is 0.0952. The van der Waals surface area contributed by atoms with E-state index in [-0.39, 0.29) is 24.1 Å². The number of hydrogen-bond donors (Lipinski definition) is 2. The van der Waals surface area contributed by atoms with Crippen molar-refractivity contribution < 1.29 is 4.79 Å². The summed E-state index contributed by atoms with van der Waals surface area (Å²) in [7, 11) is 0. The molecule has 0 radical (unpaired) electrons. The third-order valence-electron chi connectivity index (χ3n) is 4.84. The van der Waals surface area contributed by atoms with Gasteiger partial charge in [0.15, 0.2) is 0 Å². The molecule has 0 aliphatic carbocycles. The third-order valence-corrected chi connectivity index (χ3v) is 5.90. The van der Waals surface area contributed by atoms with Gasteiger partial charge in [-0.25, -0.2) is 4.68 Å². The maximum atomic E-state index is 13.0. The van der Waals surface area contributed by atoms with Gasteiger partial charge < -0.3 is 15.7 Å². The molecule has 0 bridgehead atoms. The van der Waals surface area contributed by atoms with E-state index in [1.165, 1.54) is 0 Å². The number of carbonyl (C=O) groups excluding carboxylic acids is 1. The predicted octanol–water partition coefficient (Wildman–Crippen LogP) is 4.17. The van der Waals surface area contributed by atoms with E-state index in [1.54, 1.807) is 13.0 Å². The maximum Gasteiger partial charge on any atom is 0.274 e. The van der Waals surface area contributed by atoms with Crippen LogP contribution in [0.3, 0.4) is 0 Å². The van der Waals surface area contributed by atoms with Crippen molar-refractivity contribution in [1.29, 1.82) is 0 Å². The van der Waals surface area contributed by atoms with Crippen LogP contribution in [0.2, 0.25) is 0 Å². The minimum Gasteiger partial charge on any atom is -0.348 e. The smallest absolute Gasteiger partial charge is 0.274 e. The molecule has 0 aliphatic heterocycles. The van der Waals surface area contributed by atoms with Crippen LogP contribution in [0.5, 0.6) is 0 Å². The van der Waals surface area contributed by atoms with Crippen molar-refractivity contribution in [2.24, 2.45) is 0 Å². The molecule has 3 rings (SSSR count). The summed E-state index contributed by atoms with van der Waals surface area (Å²) in [6.45, 7) is 7.89. The lowest BCUT2D eigenvalue weighted by atomic mass is 10.1. The van der Waals surface area contributed by atoms with Gasteiger partial charge in [-0.15, -0.1) is 0 Å². The van der Waals surface area contributed by atoms with Crippen LogP contribution >= 0.6 is 31.9 Å². The second kappa shape index (κ2) is 7.75. The highest BCUT2D eigenvalue weighted by Crippen LogP contribution is 2.34. The first-order chi connectivity index (χ1) is 13.1. The Hall–Kier alpha value is -2.06. The Morgan fingerprint density at radius 2 is 1.89 bits per heavy atom. The van der Waals surface area contributed by atoms with Gasteiger partial charge in [0.05, 0.1) is 11.1 Å². The third kappa shape index (κ3) is 3.63. The maximum absolute atomic E-state index is 13.0. The van der Waals surface area contributed by atoms with E-state index < -0.39 is 0 Å². The van der Waals surface area contributed by atoms with Crippen LogP contribution in [-0.2, 0) is 6.54 Å². The molecule has 1 aromatic carbocycles. The molecule has 0 aliphatic rings. The van der Waals surface area contributed by atoms with Gasteiger partial charge in [0.1, 0.15) is 0 Å². The highest BCUT2D eigenvalue weighted by Gasteiger charge is 2.19. The van der Waals surface area contributed by atoms with E-state index in [4.69, 9.17) is 5.84 Å². The molecule has 28 heavy (non-hydrogen) atoms. The second-order valence-electron chi connectivity index (χ2n) is 7.13. The van der Waals surface area contributed by atoms with Crippen LogP contribution in [0.25, 0.3) is 10.9 Å². The summed E-state index contributed by atoms with van der Waals surface area (Å²) in [5.74, 6) is 5.54. The van der Waals surface area contributed by atoms with Gasteiger partial charge in [0.2, 0.25) is 0 Å². The fourth-order valence-corrected chi connectivity index (χ4v) is 4.42. The summed E-state index contributed by atoms with van der Waals surface area (Å²) in [5.41, 5.74) is 3.14. The number of fused-ring (bicyclic) bond motifs is 1. The Bertz CT molecular complexity index is 1150. The highest BCUT2D eigenvalue weighted by atomic mass is 79.9. The number of carbonyl (C=O) groups is 1. The van der Waals surface area contributed by atoms with Gasteiger partial charge in [-0.1, -0.05) is 15.9 Å². The fourth-order valence-electron chi connectivity index (χ4n) is 3.33. The van der Waals surface area contributed by atoms with Crippen molar-refractivity contribution in [3.63, 3.8) is 0 Å². The average molecular weight is 510 g/mol. The molecule has 0 spiro atoms. The molecular formula is C20H22Br2N4O2. The largest absolute Gasteiger partial charge is 0.348 e. The minimum atomic E-state index is -0.302. The summed E-state index contributed by atoms with van der Waals surface area (Å²) in [6, 6.07) is 5.86. The zero-order chi connectivity index (χ0) is 20.7. The van der Waals surface area contributed by atoms with E-state index in [1.807, 2.05) is 25.3 Å². The van der Waals surface area contributed by atoms with Crippen molar-refractivity contribution in [1.82, 2.24) is 14.6 Å². The van der Waals surface area contributed by atoms with Crippen molar-refractivity contribution in [2.45, 2.75) is 40.3 Å². The Balaban J connectivity index is 2.00. The number of rotatable bonds is 4. The molecule has 0 unspecified atom stereocenters.